The highest BCUT2D eigenvalue weighted by Crippen LogP contribution is 2.38. The van der Waals surface area contributed by atoms with Gasteiger partial charge in [-0.15, -0.1) is 0 Å². The van der Waals surface area contributed by atoms with Crippen molar-refractivity contribution >= 4 is 27.6 Å². The summed E-state index contributed by atoms with van der Waals surface area (Å²) < 4.78 is 69.3. The van der Waals surface area contributed by atoms with E-state index in [-0.39, 0.29) is 34.0 Å². The monoisotopic (exact) mass is 534 g/mol. The fourth-order valence-electron chi connectivity index (χ4n) is 4.38. The molecule has 196 valence electrons. The van der Waals surface area contributed by atoms with Crippen molar-refractivity contribution in [2.75, 3.05) is 10.0 Å². The molecule has 3 N–H and O–H groups in total. The third-order valence-corrected chi connectivity index (χ3v) is 7.47. The van der Waals surface area contributed by atoms with Gasteiger partial charge >= 0.3 is 12.1 Å². The number of pyridine rings is 2. The minimum Gasteiger partial charge on any atom is -0.481 e. The number of carboxylic acid groups (broad SMARTS) is 1. The summed E-state index contributed by atoms with van der Waals surface area (Å²) in [5, 5.41) is 12.0. The standard InChI is InChI=1S/C25H25F3N4O4S/c1-15-6-2-3-9-18(15)23-19(25(26,27)28)12-13-21(31-23)32-37(35,36)22-11-5-10-20(30-22)29-17-8-4-7-16(14-17)24(33)34/h2-3,5-6,9-13,16-17H,4,7-8,14H2,1H3,(H,29,30)(H,31,32)(H,33,34)/t16-,17-/m1/s1. The van der Waals surface area contributed by atoms with Crippen LogP contribution in [0.25, 0.3) is 11.3 Å². The fourth-order valence-corrected chi connectivity index (χ4v) is 5.35. The lowest BCUT2D eigenvalue weighted by Crippen LogP contribution is -2.31. The normalized spacial score (nSPS) is 18.3. The molecular formula is C25H25F3N4O4S. The van der Waals surface area contributed by atoms with Gasteiger partial charge in [0.15, 0.2) is 5.03 Å². The van der Waals surface area contributed by atoms with Gasteiger partial charge in [-0.25, -0.2) is 9.97 Å². The fraction of sp³-hybridized carbons (Fsp3) is 0.320. The van der Waals surface area contributed by atoms with Crippen LogP contribution < -0.4 is 10.0 Å². The smallest absolute Gasteiger partial charge is 0.418 e. The molecule has 3 aromatic rings. The van der Waals surface area contributed by atoms with Gasteiger partial charge in [0, 0.05) is 11.6 Å². The van der Waals surface area contributed by atoms with Crippen molar-refractivity contribution in [3.05, 3.63) is 65.7 Å². The van der Waals surface area contributed by atoms with Crippen LogP contribution in [0.1, 0.15) is 36.8 Å². The number of halogens is 3. The number of hydrogen-bond acceptors (Lipinski definition) is 6. The number of anilines is 2. The van der Waals surface area contributed by atoms with Crippen molar-refractivity contribution in [2.45, 2.75) is 49.9 Å². The van der Waals surface area contributed by atoms with E-state index < -0.39 is 33.7 Å². The zero-order valence-corrected chi connectivity index (χ0v) is 20.6. The SMILES string of the molecule is Cc1ccccc1-c1nc(NS(=O)(=O)c2cccc(N[C@@H]3CCC[C@@H](C(=O)O)C3)n2)ccc1C(F)(F)F. The summed E-state index contributed by atoms with van der Waals surface area (Å²) >= 11 is 0. The maximum absolute atomic E-state index is 13.7. The first-order valence-electron chi connectivity index (χ1n) is 11.6. The Morgan fingerprint density at radius 2 is 1.76 bits per heavy atom. The van der Waals surface area contributed by atoms with Crippen molar-refractivity contribution in [3.8, 4) is 11.3 Å². The predicted molar refractivity (Wildman–Crippen MR) is 131 cm³/mol. The summed E-state index contributed by atoms with van der Waals surface area (Å²) in [7, 11) is -4.30. The molecule has 0 spiro atoms. The first-order valence-corrected chi connectivity index (χ1v) is 13.1. The van der Waals surface area contributed by atoms with Crippen LogP contribution in [0.4, 0.5) is 24.8 Å². The van der Waals surface area contributed by atoms with E-state index in [4.69, 9.17) is 0 Å². The molecular weight excluding hydrogens is 509 g/mol. The first kappa shape index (κ1) is 26.4. The van der Waals surface area contributed by atoms with Gasteiger partial charge in [-0.2, -0.15) is 21.6 Å². The number of carboxylic acids is 1. The maximum Gasteiger partial charge on any atom is 0.418 e. The van der Waals surface area contributed by atoms with Crippen molar-refractivity contribution in [3.63, 3.8) is 0 Å². The van der Waals surface area contributed by atoms with Crippen LogP contribution in [0.2, 0.25) is 0 Å². The van der Waals surface area contributed by atoms with Gasteiger partial charge in [0.1, 0.15) is 11.6 Å². The highest BCUT2D eigenvalue weighted by Gasteiger charge is 2.35. The second-order valence-corrected chi connectivity index (χ2v) is 10.5. The molecule has 1 saturated carbocycles. The summed E-state index contributed by atoms with van der Waals surface area (Å²) in [4.78, 5) is 19.5. The van der Waals surface area contributed by atoms with E-state index in [9.17, 15) is 31.5 Å². The quantitative estimate of drug-likeness (QED) is 0.375. The van der Waals surface area contributed by atoms with Gasteiger partial charge in [-0.3, -0.25) is 9.52 Å². The van der Waals surface area contributed by atoms with E-state index in [0.29, 0.717) is 18.4 Å². The number of carbonyl (C=O) groups is 1. The molecule has 4 rings (SSSR count). The number of nitrogens with one attached hydrogen (secondary N) is 2. The minimum absolute atomic E-state index is 0.179. The van der Waals surface area contributed by atoms with Crippen molar-refractivity contribution in [1.82, 2.24) is 9.97 Å². The molecule has 1 aromatic carbocycles. The highest BCUT2D eigenvalue weighted by molar-refractivity contribution is 7.92. The molecule has 2 heterocycles. The number of aromatic nitrogens is 2. The van der Waals surface area contributed by atoms with Crippen molar-refractivity contribution in [1.29, 1.82) is 0 Å². The Bertz CT molecular complexity index is 1410. The van der Waals surface area contributed by atoms with Gasteiger partial charge < -0.3 is 10.4 Å². The molecule has 0 radical (unpaired) electrons. The predicted octanol–water partition coefficient (Wildman–Crippen LogP) is 5.33. The molecule has 12 heteroatoms. The Kier molecular flexibility index (Phi) is 7.39. The van der Waals surface area contributed by atoms with Crippen LogP contribution in [0.15, 0.2) is 59.6 Å². The molecule has 0 aliphatic heterocycles. The highest BCUT2D eigenvalue weighted by atomic mass is 32.2. The number of alkyl halides is 3. The van der Waals surface area contributed by atoms with E-state index in [1.165, 1.54) is 18.2 Å². The van der Waals surface area contributed by atoms with Gasteiger partial charge in [0.25, 0.3) is 10.0 Å². The Morgan fingerprint density at radius 3 is 2.46 bits per heavy atom. The van der Waals surface area contributed by atoms with Crippen LogP contribution in [-0.2, 0) is 21.0 Å². The number of rotatable bonds is 7. The Hall–Kier alpha value is -3.67. The molecule has 2 aromatic heterocycles. The third kappa shape index (κ3) is 6.19. The van der Waals surface area contributed by atoms with E-state index in [0.717, 1.165) is 25.0 Å². The summed E-state index contributed by atoms with van der Waals surface area (Å²) in [5.41, 5.74) is -0.596. The lowest BCUT2D eigenvalue weighted by molar-refractivity contribution is -0.143. The second kappa shape index (κ2) is 10.4. The van der Waals surface area contributed by atoms with Gasteiger partial charge in [0.05, 0.1) is 17.2 Å². The molecule has 1 aliphatic carbocycles. The number of hydrogen-bond donors (Lipinski definition) is 3. The molecule has 37 heavy (non-hydrogen) atoms. The number of aliphatic carboxylic acids is 1. The molecule has 1 fully saturated rings. The molecule has 2 atom stereocenters. The molecule has 0 unspecified atom stereocenters. The van der Waals surface area contributed by atoms with Gasteiger partial charge in [-0.05, 0) is 56.0 Å². The van der Waals surface area contributed by atoms with Crippen molar-refractivity contribution in [2.24, 2.45) is 5.92 Å². The minimum atomic E-state index is -4.69. The van der Waals surface area contributed by atoms with E-state index in [2.05, 4.69) is 20.0 Å². The summed E-state index contributed by atoms with van der Waals surface area (Å²) in [6.45, 7) is 1.64. The van der Waals surface area contributed by atoms with E-state index in [1.54, 1.807) is 31.2 Å². The van der Waals surface area contributed by atoms with Crippen LogP contribution >= 0.6 is 0 Å². The summed E-state index contributed by atoms with van der Waals surface area (Å²) in [6, 6.07) is 12.2. The average Bonchev–Trinajstić information content (AvgIpc) is 2.84. The molecule has 0 saturated heterocycles. The zero-order valence-electron chi connectivity index (χ0n) is 19.8. The lowest BCUT2D eigenvalue weighted by Gasteiger charge is -2.27. The molecule has 0 bridgehead atoms. The first-order chi connectivity index (χ1) is 17.4. The average molecular weight is 535 g/mol. The second-order valence-electron chi connectivity index (χ2n) is 8.91. The van der Waals surface area contributed by atoms with Crippen LogP contribution in [0.3, 0.4) is 0 Å². The van der Waals surface area contributed by atoms with E-state index in [1.807, 2.05) is 0 Å². The molecule has 1 aliphatic rings. The number of aryl methyl sites for hydroxylation is 1. The van der Waals surface area contributed by atoms with Gasteiger partial charge in [0.2, 0.25) is 0 Å². The lowest BCUT2D eigenvalue weighted by atomic mass is 9.86. The maximum atomic E-state index is 13.7. The Balaban J connectivity index is 1.60. The van der Waals surface area contributed by atoms with Crippen LogP contribution in [0.5, 0.6) is 0 Å². The van der Waals surface area contributed by atoms with Crippen LogP contribution in [0, 0.1) is 12.8 Å². The zero-order chi connectivity index (χ0) is 26.8. The summed E-state index contributed by atoms with van der Waals surface area (Å²) in [5.74, 6) is -1.38. The Morgan fingerprint density at radius 1 is 1.00 bits per heavy atom. The third-order valence-electron chi connectivity index (χ3n) is 6.21. The largest absolute Gasteiger partial charge is 0.481 e. The Labute approximate surface area is 212 Å². The van der Waals surface area contributed by atoms with Gasteiger partial charge in [-0.1, -0.05) is 36.8 Å². The molecule has 0 amide bonds. The number of sulfonamides is 1. The van der Waals surface area contributed by atoms with Crippen LogP contribution in [-0.4, -0.2) is 35.5 Å². The van der Waals surface area contributed by atoms with E-state index >= 15 is 0 Å². The number of nitrogens with zero attached hydrogens (tertiary/aromatic N) is 2. The number of benzene rings is 1. The topological polar surface area (TPSA) is 121 Å². The summed E-state index contributed by atoms with van der Waals surface area (Å²) in [6.07, 6.45) is -2.27. The molecule has 8 nitrogen and oxygen atoms in total. The van der Waals surface area contributed by atoms with Crippen molar-refractivity contribution < 1.29 is 31.5 Å².